The molecule has 1 aromatic carbocycles. The number of para-hydroxylation sites is 1. The molecule has 0 spiro atoms. The third-order valence-electron chi connectivity index (χ3n) is 3.82. The second-order valence-corrected chi connectivity index (χ2v) is 5.76. The molecular formula is C17H22N2O3. The first kappa shape index (κ1) is 16.1. The molecule has 2 rings (SSSR count). The van der Waals surface area contributed by atoms with E-state index in [2.05, 4.69) is 6.07 Å². The van der Waals surface area contributed by atoms with Crippen LogP contribution in [0.25, 0.3) is 10.9 Å². The van der Waals surface area contributed by atoms with Gasteiger partial charge in [0, 0.05) is 23.8 Å². The van der Waals surface area contributed by atoms with Gasteiger partial charge in [-0.3, -0.25) is 9.59 Å². The SMILES string of the molecule is Cc1cc2ccccc2n1CC(=O)N(CCC(=O)O)C(C)C. The molecule has 0 aliphatic heterocycles. The van der Waals surface area contributed by atoms with Crippen molar-refractivity contribution in [3.05, 3.63) is 36.0 Å². The van der Waals surface area contributed by atoms with Crippen molar-refractivity contribution >= 4 is 22.8 Å². The highest BCUT2D eigenvalue weighted by molar-refractivity contribution is 5.84. The Morgan fingerprint density at radius 2 is 1.95 bits per heavy atom. The maximum absolute atomic E-state index is 12.6. The number of aliphatic carboxylic acids is 1. The zero-order valence-corrected chi connectivity index (χ0v) is 13.2. The van der Waals surface area contributed by atoms with Gasteiger partial charge in [0.1, 0.15) is 6.54 Å². The summed E-state index contributed by atoms with van der Waals surface area (Å²) < 4.78 is 1.98. The van der Waals surface area contributed by atoms with Crippen LogP contribution >= 0.6 is 0 Å². The van der Waals surface area contributed by atoms with E-state index in [-0.39, 0.29) is 31.5 Å². The predicted octanol–water partition coefficient (Wildman–Crippen LogP) is 2.66. The number of carboxylic acid groups (broad SMARTS) is 1. The Kier molecular flexibility index (Phi) is 4.85. The first-order valence-corrected chi connectivity index (χ1v) is 7.46. The lowest BCUT2D eigenvalue weighted by molar-refractivity contribution is -0.139. The summed E-state index contributed by atoms with van der Waals surface area (Å²) in [5.41, 5.74) is 2.05. The van der Waals surface area contributed by atoms with E-state index in [1.54, 1.807) is 4.90 Å². The van der Waals surface area contributed by atoms with Crippen LogP contribution in [0.3, 0.4) is 0 Å². The van der Waals surface area contributed by atoms with Gasteiger partial charge in [-0.25, -0.2) is 0 Å². The van der Waals surface area contributed by atoms with Crippen molar-refractivity contribution < 1.29 is 14.7 Å². The van der Waals surface area contributed by atoms with E-state index in [1.807, 2.05) is 49.6 Å². The molecule has 22 heavy (non-hydrogen) atoms. The number of carboxylic acids is 1. The Morgan fingerprint density at radius 1 is 1.27 bits per heavy atom. The van der Waals surface area contributed by atoms with Gasteiger partial charge >= 0.3 is 5.97 Å². The van der Waals surface area contributed by atoms with Crippen molar-refractivity contribution in [1.29, 1.82) is 0 Å². The standard InChI is InChI=1S/C17H22N2O3/c1-12(2)18(9-8-17(21)22)16(20)11-19-13(3)10-14-6-4-5-7-15(14)19/h4-7,10,12H,8-9,11H2,1-3H3,(H,21,22). The fraction of sp³-hybridized carbons (Fsp3) is 0.412. The number of hydrogen-bond acceptors (Lipinski definition) is 2. The lowest BCUT2D eigenvalue weighted by Crippen LogP contribution is -2.40. The maximum atomic E-state index is 12.6. The second kappa shape index (κ2) is 6.64. The normalized spacial score (nSPS) is 11.1. The molecular weight excluding hydrogens is 280 g/mol. The largest absolute Gasteiger partial charge is 0.481 e. The van der Waals surface area contributed by atoms with Crippen LogP contribution in [-0.4, -0.2) is 39.0 Å². The van der Waals surface area contributed by atoms with Crippen LogP contribution in [0.1, 0.15) is 26.0 Å². The molecule has 2 aromatic rings. The number of hydrogen-bond donors (Lipinski definition) is 1. The predicted molar refractivity (Wildman–Crippen MR) is 85.8 cm³/mol. The Morgan fingerprint density at radius 3 is 2.59 bits per heavy atom. The van der Waals surface area contributed by atoms with Crippen molar-refractivity contribution in [2.45, 2.75) is 39.8 Å². The Labute approximate surface area is 130 Å². The number of fused-ring (bicyclic) bond motifs is 1. The van der Waals surface area contributed by atoms with Gasteiger partial charge in [0.15, 0.2) is 0 Å². The number of aryl methyl sites for hydroxylation is 1. The lowest BCUT2D eigenvalue weighted by atomic mass is 10.2. The van der Waals surface area contributed by atoms with Crippen LogP contribution < -0.4 is 0 Å². The molecule has 0 atom stereocenters. The van der Waals surface area contributed by atoms with Gasteiger partial charge in [-0.1, -0.05) is 18.2 Å². The van der Waals surface area contributed by atoms with Gasteiger partial charge in [-0.05, 0) is 38.3 Å². The molecule has 1 heterocycles. The fourth-order valence-corrected chi connectivity index (χ4v) is 2.67. The second-order valence-electron chi connectivity index (χ2n) is 5.76. The van der Waals surface area contributed by atoms with Crippen LogP contribution in [0.2, 0.25) is 0 Å². The quantitative estimate of drug-likeness (QED) is 0.892. The highest BCUT2D eigenvalue weighted by Crippen LogP contribution is 2.19. The molecule has 118 valence electrons. The molecule has 1 N–H and O–H groups in total. The van der Waals surface area contributed by atoms with E-state index in [0.717, 1.165) is 16.6 Å². The monoisotopic (exact) mass is 302 g/mol. The first-order valence-electron chi connectivity index (χ1n) is 7.46. The van der Waals surface area contributed by atoms with Gasteiger partial charge in [-0.15, -0.1) is 0 Å². The van der Waals surface area contributed by atoms with E-state index in [9.17, 15) is 9.59 Å². The average molecular weight is 302 g/mol. The Bertz CT molecular complexity index is 688. The highest BCUT2D eigenvalue weighted by atomic mass is 16.4. The average Bonchev–Trinajstić information content (AvgIpc) is 2.75. The highest BCUT2D eigenvalue weighted by Gasteiger charge is 2.19. The van der Waals surface area contributed by atoms with E-state index < -0.39 is 5.97 Å². The number of amides is 1. The fourth-order valence-electron chi connectivity index (χ4n) is 2.67. The zero-order valence-electron chi connectivity index (χ0n) is 13.2. The molecule has 1 amide bonds. The molecule has 0 fully saturated rings. The summed E-state index contributed by atoms with van der Waals surface area (Å²) in [5, 5.41) is 9.93. The third kappa shape index (κ3) is 3.47. The van der Waals surface area contributed by atoms with Crippen molar-refractivity contribution in [1.82, 2.24) is 9.47 Å². The third-order valence-corrected chi connectivity index (χ3v) is 3.82. The van der Waals surface area contributed by atoms with Crippen LogP contribution in [-0.2, 0) is 16.1 Å². The number of aromatic nitrogens is 1. The van der Waals surface area contributed by atoms with Crippen LogP contribution in [0.4, 0.5) is 0 Å². The summed E-state index contributed by atoms with van der Waals surface area (Å²) in [6, 6.07) is 9.98. The zero-order chi connectivity index (χ0) is 16.3. The Balaban J connectivity index is 2.21. The lowest BCUT2D eigenvalue weighted by Gasteiger charge is -2.27. The number of carbonyl (C=O) groups is 2. The molecule has 0 unspecified atom stereocenters. The minimum Gasteiger partial charge on any atom is -0.481 e. The smallest absolute Gasteiger partial charge is 0.305 e. The molecule has 0 aliphatic carbocycles. The summed E-state index contributed by atoms with van der Waals surface area (Å²) in [6.45, 7) is 6.26. The molecule has 0 aliphatic rings. The van der Waals surface area contributed by atoms with Gasteiger partial charge in [-0.2, -0.15) is 0 Å². The minimum absolute atomic E-state index is 0.0195. The van der Waals surface area contributed by atoms with Gasteiger partial charge < -0.3 is 14.6 Å². The number of rotatable bonds is 6. The number of carbonyl (C=O) groups excluding carboxylic acids is 1. The first-order chi connectivity index (χ1) is 10.4. The van der Waals surface area contributed by atoms with Crippen molar-refractivity contribution in [2.75, 3.05) is 6.54 Å². The molecule has 1 aromatic heterocycles. The molecule has 5 nitrogen and oxygen atoms in total. The van der Waals surface area contributed by atoms with Crippen molar-refractivity contribution in [2.24, 2.45) is 0 Å². The van der Waals surface area contributed by atoms with Crippen molar-refractivity contribution in [3.8, 4) is 0 Å². The Hall–Kier alpha value is -2.30. The molecule has 0 saturated carbocycles. The van der Waals surface area contributed by atoms with Gasteiger partial charge in [0.25, 0.3) is 0 Å². The molecule has 5 heteroatoms. The maximum Gasteiger partial charge on any atom is 0.305 e. The van der Waals surface area contributed by atoms with E-state index >= 15 is 0 Å². The van der Waals surface area contributed by atoms with Crippen LogP contribution in [0, 0.1) is 6.92 Å². The van der Waals surface area contributed by atoms with Gasteiger partial charge in [0.2, 0.25) is 5.91 Å². The van der Waals surface area contributed by atoms with Gasteiger partial charge in [0.05, 0.1) is 6.42 Å². The summed E-state index contributed by atoms with van der Waals surface area (Å²) in [4.78, 5) is 25.0. The molecule has 0 saturated heterocycles. The van der Waals surface area contributed by atoms with E-state index in [1.165, 1.54) is 0 Å². The summed E-state index contributed by atoms with van der Waals surface area (Å²) in [5.74, 6) is -0.943. The van der Waals surface area contributed by atoms with E-state index in [0.29, 0.717) is 0 Å². The molecule has 0 bridgehead atoms. The summed E-state index contributed by atoms with van der Waals surface area (Å²) in [6.07, 6.45) is -0.0324. The summed E-state index contributed by atoms with van der Waals surface area (Å²) in [7, 11) is 0. The number of benzene rings is 1. The van der Waals surface area contributed by atoms with E-state index in [4.69, 9.17) is 5.11 Å². The minimum atomic E-state index is -0.888. The van der Waals surface area contributed by atoms with Crippen molar-refractivity contribution in [3.63, 3.8) is 0 Å². The van der Waals surface area contributed by atoms with Crippen LogP contribution in [0.5, 0.6) is 0 Å². The summed E-state index contributed by atoms with van der Waals surface area (Å²) >= 11 is 0. The number of nitrogens with zero attached hydrogens (tertiary/aromatic N) is 2. The topological polar surface area (TPSA) is 62.5 Å². The molecule has 0 radical (unpaired) electrons. The van der Waals surface area contributed by atoms with Crippen LogP contribution in [0.15, 0.2) is 30.3 Å².